The number of carboxylic acids is 2. The second kappa shape index (κ2) is 17.5. The minimum absolute atomic E-state index is 0.0922. The number of ether oxygens (including phenoxy) is 1. The molecule has 1 amide bonds. The van der Waals surface area contributed by atoms with Gasteiger partial charge in [-0.15, -0.1) is 0 Å². The monoisotopic (exact) mass is 753 g/mol. The number of rotatable bonds is 9. The number of carboxylic acid groups (broad SMARTS) is 2. The Bertz CT molecular complexity index is 1600. The van der Waals surface area contributed by atoms with E-state index in [1.807, 2.05) is 55.5 Å². The summed E-state index contributed by atoms with van der Waals surface area (Å²) >= 11 is 16.7. The van der Waals surface area contributed by atoms with Crippen molar-refractivity contribution in [1.29, 1.82) is 0 Å². The first-order valence-corrected chi connectivity index (χ1v) is 16.4. The van der Waals surface area contributed by atoms with E-state index >= 15 is 0 Å². The molecule has 2 aromatic carbocycles. The van der Waals surface area contributed by atoms with Crippen LogP contribution in [0.4, 0.5) is 4.79 Å². The maximum Gasteiger partial charge on any atom is 0.407 e. The zero-order valence-electron chi connectivity index (χ0n) is 26.7. The van der Waals surface area contributed by atoms with Crippen LogP contribution in [0, 0.1) is 5.92 Å². The number of carbonyl (C=O) groups excluding carboxylic acids is 2. The van der Waals surface area contributed by atoms with E-state index in [4.69, 9.17) is 60.1 Å². The van der Waals surface area contributed by atoms with E-state index in [1.165, 1.54) is 0 Å². The van der Waals surface area contributed by atoms with Crippen LogP contribution >= 0.6 is 34.8 Å². The van der Waals surface area contributed by atoms with E-state index in [0.717, 1.165) is 22.3 Å². The van der Waals surface area contributed by atoms with Crippen LogP contribution < -0.4 is 11.1 Å². The molecule has 0 saturated heterocycles. The summed E-state index contributed by atoms with van der Waals surface area (Å²) < 4.78 is 5.37. The number of amides is 1. The van der Waals surface area contributed by atoms with Crippen molar-refractivity contribution in [3.63, 3.8) is 0 Å². The van der Waals surface area contributed by atoms with Gasteiger partial charge in [0, 0.05) is 25.2 Å². The SMILES string of the molecule is CC(=O)C(C)C1CC(Cl)=NO1.NC(C(=O)O)C1CC(Cl)=NO1.O=C(NC(C(=O)O)C1CC(Cl)=NO1)OCC1c2ccccc2-c2ccccc21. The molecule has 0 aromatic heterocycles. The van der Waals surface area contributed by atoms with Gasteiger partial charge in [0.15, 0.2) is 18.2 Å². The van der Waals surface area contributed by atoms with Gasteiger partial charge >= 0.3 is 18.0 Å². The number of carbonyl (C=O) groups is 4. The average molecular weight is 755 g/mol. The first kappa shape index (κ1) is 38.4. The number of hydrogen-bond donors (Lipinski definition) is 4. The molecular formula is C32H34Cl3N5O10. The molecule has 15 nitrogen and oxygen atoms in total. The van der Waals surface area contributed by atoms with Gasteiger partial charge in [-0.05, 0) is 29.2 Å². The summed E-state index contributed by atoms with van der Waals surface area (Å²) in [6.45, 7) is 3.45. The number of nitrogens with zero attached hydrogens (tertiary/aromatic N) is 3. The Kier molecular flexibility index (Phi) is 13.4. The molecule has 0 saturated carbocycles. The number of Topliss-reactive ketones (excluding diaryl/α,β-unsaturated/α-hetero) is 1. The third-order valence-electron chi connectivity index (χ3n) is 8.11. The quantitative estimate of drug-likeness (QED) is 0.277. The summed E-state index contributed by atoms with van der Waals surface area (Å²) in [6, 6.07) is 13.5. The summed E-state index contributed by atoms with van der Waals surface area (Å²) in [6.07, 6.45) is -1.54. The van der Waals surface area contributed by atoms with Crippen molar-refractivity contribution in [3.05, 3.63) is 59.7 Å². The Labute approximate surface area is 301 Å². The highest BCUT2D eigenvalue weighted by Gasteiger charge is 2.37. The fraction of sp³-hybridized carbons (Fsp3) is 0.406. The minimum atomic E-state index is -1.31. The second-order valence-electron chi connectivity index (χ2n) is 11.5. The zero-order chi connectivity index (χ0) is 36.5. The van der Waals surface area contributed by atoms with Crippen LogP contribution in [-0.4, -0.2) is 86.5 Å². The normalized spacial score (nSPS) is 21.6. The van der Waals surface area contributed by atoms with E-state index in [-0.39, 0.29) is 53.5 Å². The molecule has 3 heterocycles. The highest BCUT2D eigenvalue weighted by Crippen LogP contribution is 2.44. The fourth-order valence-corrected chi connectivity index (χ4v) is 5.81. The Balaban J connectivity index is 0.000000209. The number of oxime groups is 3. The largest absolute Gasteiger partial charge is 0.480 e. The number of ketones is 1. The molecule has 4 aliphatic rings. The van der Waals surface area contributed by atoms with Crippen LogP contribution in [0.25, 0.3) is 11.1 Å². The summed E-state index contributed by atoms with van der Waals surface area (Å²) in [5, 5.41) is 31.4. The molecule has 2 aromatic rings. The van der Waals surface area contributed by atoms with Gasteiger partial charge in [0.25, 0.3) is 0 Å². The maximum absolute atomic E-state index is 12.3. The maximum atomic E-state index is 12.3. The topological polar surface area (TPSA) is 221 Å². The highest BCUT2D eigenvalue weighted by molar-refractivity contribution is 6.66. The van der Waals surface area contributed by atoms with Gasteiger partial charge in [0.05, 0.1) is 5.92 Å². The molecule has 268 valence electrons. The number of benzene rings is 2. The zero-order valence-corrected chi connectivity index (χ0v) is 29.0. The predicted octanol–water partition coefficient (Wildman–Crippen LogP) is 4.61. The smallest absolute Gasteiger partial charge is 0.407 e. The van der Waals surface area contributed by atoms with Crippen molar-refractivity contribution in [2.24, 2.45) is 27.1 Å². The lowest BCUT2D eigenvalue weighted by Gasteiger charge is -2.20. The fourth-order valence-electron chi connectivity index (χ4n) is 5.24. The third kappa shape index (κ3) is 9.84. The first-order chi connectivity index (χ1) is 23.8. The molecule has 3 aliphatic heterocycles. The molecular weight excluding hydrogens is 721 g/mol. The van der Waals surface area contributed by atoms with Gasteiger partial charge < -0.3 is 40.5 Å². The number of nitrogens with one attached hydrogen (secondary N) is 1. The Morgan fingerprint density at radius 2 is 1.28 bits per heavy atom. The lowest BCUT2D eigenvalue weighted by Crippen LogP contribution is -2.49. The van der Waals surface area contributed by atoms with Crippen LogP contribution in [0.3, 0.4) is 0 Å². The van der Waals surface area contributed by atoms with Crippen LogP contribution in [0.5, 0.6) is 0 Å². The molecule has 5 N–H and O–H groups in total. The lowest BCUT2D eigenvalue weighted by atomic mass is 9.98. The van der Waals surface area contributed by atoms with E-state index in [9.17, 15) is 24.3 Å². The molecule has 6 rings (SSSR count). The number of fused-ring (bicyclic) bond motifs is 3. The molecule has 1 aliphatic carbocycles. The van der Waals surface area contributed by atoms with Gasteiger partial charge in [0.1, 0.15) is 40.0 Å². The van der Waals surface area contributed by atoms with Crippen molar-refractivity contribution < 1.29 is 48.6 Å². The first-order valence-electron chi connectivity index (χ1n) is 15.2. The van der Waals surface area contributed by atoms with Crippen molar-refractivity contribution in [2.75, 3.05) is 6.61 Å². The standard InChI is InChI=1S/C20H17ClN2O5.C7H10ClNO2.C5H7ClN2O3/c21-17-9-16(28-23-17)18(19(24)25)22-20(26)27-10-15-13-7-3-1-5-11(13)12-6-2-4-8-14(12)15;1-4(5(2)10)6-3-7(8)9-11-6;6-3-1-2(11-8-3)4(7)5(9)10/h1-8,15-16,18H,9-10H2,(H,22,26)(H,24,25);4,6H,3H2,1-2H3;2,4H,1,7H2,(H,9,10). The van der Waals surface area contributed by atoms with E-state index in [0.29, 0.717) is 11.6 Å². The van der Waals surface area contributed by atoms with E-state index in [2.05, 4.69) is 25.6 Å². The summed E-state index contributed by atoms with van der Waals surface area (Å²) in [5.74, 6) is -2.48. The number of nitrogens with two attached hydrogens (primary N) is 1. The summed E-state index contributed by atoms with van der Waals surface area (Å²) in [5.41, 5.74) is 9.60. The lowest BCUT2D eigenvalue weighted by molar-refractivity contribution is -0.143. The Hall–Kier alpha value is -4.44. The molecule has 0 spiro atoms. The Morgan fingerprint density at radius 1 is 0.820 bits per heavy atom. The van der Waals surface area contributed by atoms with Crippen LogP contribution in [-0.2, 0) is 33.6 Å². The third-order valence-corrected chi connectivity index (χ3v) is 8.78. The molecule has 18 heteroatoms. The van der Waals surface area contributed by atoms with Crippen molar-refractivity contribution in [3.8, 4) is 11.1 Å². The van der Waals surface area contributed by atoms with Crippen LogP contribution in [0.1, 0.15) is 50.2 Å². The van der Waals surface area contributed by atoms with Crippen molar-refractivity contribution in [1.82, 2.24) is 5.32 Å². The summed E-state index contributed by atoms with van der Waals surface area (Å²) in [7, 11) is 0. The van der Waals surface area contributed by atoms with Crippen molar-refractivity contribution in [2.45, 2.75) is 69.4 Å². The predicted molar refractivity (Wildman–Crippen MR) is 183 cm³/mol. The average Bonchev–Trinajstić information content (AvgIpc) is 3.89. The molecule has 50 heavy (non-hydrogen) atoms. The number of aliphatic carboxylic acids is 2. The van der Waals surface area contributed by atoms with Gasteiger partial charge in [-0.3, -0.25) is 9.59 Å². The van der Waals surface area contributed by atoms with Gasteiger partial charge in [-0.2, -0.15) is 0 Å². The van der Waals surface area contributed by atoms with Gasteiger partial charge in [-0.1, -0.05) is 106 Å². The molecule has 6 atom stereocenters. The van der Waals surface area contributed by atoms with Crippen LogP contribution in [0.2, 0.25) is 0 Å². The van der Waals surface area contributed by atoms with E-state index in [1.54, 1.807) is 6.92 Å². The molecule has 6 unspecified atom stereocenters. The molecule has 0 radical (unpaired) electrons. The summed E-state index contributed by atoms with van der Waals surface area (Å²) in [4.78, 5) is 59.4. The number of hydrogen-bond acceptors (Lipinski definition) is 12. The van der Waals surface area contributed by atoms with Crippen molar-refractivity contribution >= 4 is 74.1 Å². The van der Waals surface area contributed by atoms with E-state index < -0.39 is 42.3 Å². The number of alkyl carbamates (subject to hydrolysis) is 1. The molecule has 0 bridgehead atoms. The van der Waals surface area contributed by atoms with Gasteiger partial charge in [0.2, 0.25) is 0 Å². The minimum Gasteiger partial charge on any atom is -0.480 e. The highest BCUT2D eigenvalue weighted by atomic mass is 35.5. The molecule has 0 fully saturated rings. The second-order valence-corrected chi connectivity index (χ2v) is 12.8. The van der Waals surface area contributed by atoms with Gasteiger partial charge in [-0.25, -0.2) is 9.59 Å². The van der Waals surface area contributed by atoms with Crippen LogP contribution in [0.15, 0.2) is 64.0 Å². The Morgan fingerprint density at radius 3 is 1.70 bits per heavy atom. The number of halogens is 3.